The Morgan fingerprint density at radius 2 is 1.88 bits per heavy atom. The first-order valence-electron chi connectivity index (χ1n) is 8.35. The fraction of sp³-hybridized carbons (Fsp3) is 0.444. The minimum Gasteiger partial charge on any atom is -0.387 e. The van der Waals surface area contributed by atoms with Crippen molar-refractivity contribution in [2.75, 3.05) is 11.4 Å². The molecule has 1 unspecified atom stereocenters. The van der Waals surface area contributed by atoms with Gasteiger partial charge in [-0.2, -0.15) is 0 Å². The zero-order valence-electron chi connectivity index (χ0n) is 13.2. The van der Waals surface area contributed by atoms with Gasteiger partial charge in [-0.15, -0.1) is 0 Å². The number of aliphatic hydroxyl groups is 1. The van der Waals surface area contributed by atoms with E-state index in [4.69, 9.17) is 11.6 Å². The Balaban J connectivity index is 1.57. The van der Waals surface area contributed by atoms with E-state index in [1.165, 1.54) is 12.1 Å². The first-order valence-corrected chi connectivity index (χ1v) is 8.72. The van der Waals surface area contributed by atoms with Crippen molar-refractivity contribution < 1.29 is 9.50 Å². The van der Waals surface area contributed by atoms with Crippen molar-refractivity contribution in [2.24, 2.45) is 0 Å². The molecule has 1 atom stereocenters. The minimum absolute atomic E-state index is 0.304. The van der Waals surface area contributed by atoms with Gasteiger partial charge in [-0.25, -0.2) is 14.4 Å². The summed E-state index contributed by atoms with van der Waals surface area (Å²) in [7, 11) is 0. The highest BCUT2D eigenvalue weighted by Crippen LogP contribution is 2.40. The Morgan fingerprint density at radius 3 is 2.50 bits per heavy atom. The quantitative estimate of drug-likeness (QED) is 0.806. The number of benzene rings is 1. The van der Waals surface area contributed by atoms with Crippen molar-refractivity contribution >= 4 is 17.4 Å². The number of hydrogen-bond donors (Lipinski definition) is 1. The maximum atomic E-state index is 13.1. The highest BCUT2D eigenvalue weighted by Gasteiger charge is 2.33. The summed E-state index contributed by atoms with van der Waals surface area (Å²) < 4.78 is 13.1. The Kier molecular flexibility index (Phi) is 4.14. The zero-order chi connectivity index (χ0) is 16.7. The molecule has 4 rings (SSSR count). The number of aliphatic hydroxyl groups excluding tert-OH is 1. The second-order valence-electron chi connectivity index (χ2n) is 6.63. The second kappa shape index (κ2) is 6.30. The van der Waals surface area contributed by atoms with Gasteiger partial charge >= 0.3 is 0 Å². The molecule has 0 radical (unpaired) electrons. The van der Waals surface area contributed by atoms with E-state index >= 15 is 0 Å². The molecule has 1 aromatic carbocycles. The summed E-state index contributed by atoms with van der Waals surface area (Å²) in [5.74, 6) is 1.70. The molecule has 0 saturated heterocycles. The van der Waals surface area contributed by atoms with E-state index < -0.39 is 6.10 Å². The molecule has 6 heteroatoms. The number of rotatable bonds is 6. The Bertz CT molecular complexity index is 732. The smallest absolute Gasteiger partial charge is 0.135 e. The van der Waals surface area contributed by atoms with E-state index in [0.29, 0.717) is 29.2 Å². The van der Waals surface area contributed by atoms with Crippen LogP contribution >= 0.6 is 11.6 Å². The molecule has 0 aliphatic heterocycles. The first-order chi connectivity index (χ1) is 11.6. The van der Waals surface area contributed by atoms with Crippen LogP contribution in [0.15, 0.2) is 30.3 Å². The lowest BCUT2D eigenvalue weighted by Crippen LogP contribution is -2.31. The summed E-state index contributed by atoms with van der Waals surface area (Å²) in [4.78, 5) is 11.1. The number of hydrogen-bond acceptors (Lipinski definition) is 4. The van der Waals surface area contributed by atoms with Gasteiger partial charge in [0.25, 0.3) is 0 Å². The largest absolute Gasteiger partial charge is 0.387 e. The molecular formula is C18H19ClFN3O. The summed E-state index contributed by atoms with van der Waals surface area (Å²) in [6.45, 7) is 0.410. The molecular weight excluding hydrogens is 329 g/mol. The lowest BCUT2D eigenvalue weighted by Gasteiger charge is -2.27. The highest BCUT2D eigenvalue weighted by atomic mass is 35.5. The third-order valence-corrected chi connectivity index (χ3v) is 4.74. The Labute approximate surface area is 145 Å². The number of anilines is 1. The molecule has 4 nitrogen and oxygen atoms in total. The topological polar surface area (TPSA) is 49.2 Å². The van der Waals surface area contributed by atoms with Crippen molar-refractivity contribution in [3.8, 4) is 0 Å². The molecule has 1 heterocycles. The van der Waals surface area contributed by atoms with Gasteiger partial charge in [0.05, 0.1) is 6.10 Å². The third-order valence-electron chi connectivity index (χ3n) is 4.55. The van der Waals surface area contributed by atoms with Crippen molar-refractivity contribution in [3.63, 3.8) is 0 Å². The van der Waals surface area contributed by atoms with Gasteiger partial charge < -0.3 is 10.0 Å². The van der Waals surface area contributed by atoms with Crippen LogP contribution in [0, 0.1) is 5.82 Å². The fourth-order valence-corrected chi connectivity index (χ4v) is 3.07. The van der Waals surface area contributed by atoms with Gasteiger partial charge in [-0.1, -0.05) is 23.7 Å². The standard InChI is InChI=1S/C18H19ClFN3O/c19-16-9-17(22-18(21-16)12-1-2-12)23(14-7-8-14)10-15(24)11-3-5-13(20)6-4-11/h3-6,9,12,14-15,24H,1-2,7-8,10H2. The van der Waals surface area contributed by atoms with E-state index in [-0.39, 0.29) is 5.82 Å². The van der Waals surface area contributed by atoms with Gasteiger partial charge in [0.1, 0.15) is 22.6 Å². The third kappa shape index (κ3) is 3.52. The Hall–Kier alpha value is -1.72. The molecule has 2 aliphatic rings. The van der Waals surface area contributed by atoms with Crippen LogP contribution in [0.4, 0.5) is 10.2 Å². The molecule has 1 N–H and O–H groups in total. The number of nitrogens with zero attached hydrogens (tertiary/aromatic N) is 3. The zero-order valence-corrected chi connectivity index (χ0v) is 14.0. The van der Waals surface area contributed by atoms with Crippen LogP contribution in [-0.4, -0.2) is 27.7 Å². The van der Waals surface area contributed by atoms with Crippen molar-refractivity contribution in [3.05, 3.63) is 52.7 Å². The molecule has 2 fully saturated rings. The first kappa shape index (κ1) is 15.8. The molecule has 2 saturated carbocycles. The van der Waals surface area contributed by atoms with Crippen molar-refractivity contribution in [2.45, 2.75) is 43.7 Å². The van der Waals surface area contributed by atoms with E-state index in [0.717, 1.165) is 37.3 Å². The molecule has 2 aromatic rings. The highest BCUT2D eigenvalue weighted by molar-refractivity contribution is 6.29. The van der Waals surface area contributed by atoms with Crippen molar-refractivity contribution in [1.82, 2.24) is 9.97 Å². The van der Waals surface area contributed by atoms with Crippen LogP contribution in [0.5, 0.6) is 0 Å². The Morgan fingerprint density at radius 1 is 1.17 bits per heavy atom. The predicted octanol–water partition coefficient (Wildman–Crippen LogP) is 3.85. The van der Waals surface area contributed by atoms with Crippen molar-refractivity contribution in [1.29, 1.82) is 0 Å². The minimum atomic E-state index is -0.704. The maximum Gasteiger partial charge on any atom is 0.135 e. The van der Waals surface area contributed by atoms with Gasteiger partial charge in [0.2, 0.25) is 0 Å². The average molecular weight is 348 g/mol. The molecule has 1 aromatic heterocycles. The average Bonchev–Trinajstić information content (AvgIpc) is 3.46. The molecule has 24 heavy (non-hydrogen) atoms. The molecule has 0 spiro atoms. The van der Waals surface area contributed by atoms with E-state index in [1.54, 1.807) is 18.2 Å². The molecule has 126 valence electrons. The summed E-state index contributed by atoms with van der Waals surface area (Å²) in [5, 5.41) is 11.0. The monoisotopic (exact) mass is 347 g/mol. The van der Waals surface area contributed by atoms with Crippen LogP contribution in [0.3, 0.4) is 0 Å². The summed E-state index contributed by atoms with van der Waals surface area (Å²) in [5.41, 5.74) is 0.699. The number of aromatic nitrogens is 2. The molecule has 0 amide bonds. The summed E-state index contributed by atoms with van der Waals surface area (Å²) >= 11 is 6.18. The molecule has 2 aliphatic carbocycles. The predicted molar refractivity (Wildman–Crippen MR) is 90.7 cm³/mol. The number of halogens is 2. The van der Waals surface area contributed by atoms with Crippen LogP contribution < -0.4 is 4.90 Å². The van der Waals surface area contributed by atoms with Gasteiger partial charge in [-0.3, -0.25) is 0 Å². The van der Waals surface area contributed by atoms with Crippen LogP contribution in [-0.2, 0) is 0 Å². The van der Waals surface area contributed by atoms with E-state index in [1.807, 2.05) is 0 Å². The van der Waals surface area contributed by atoms with Crippen LogP contribution in [0.1, 0.15) is 49.1 Å². The fourth-order valence-electron chi connectivity index (χ4n) is 2.89. The second-order valence-corrected chi connectivity index (χ2v) is 7.02. The SMILES string of the molecule is OC(CN(c1cc(Cl)nc(C2CC2)n1)C1CC1)c1ccc(F)cc1. The van der Waals surface area contributed by atoms with Gasteiger partial charge in [-0.05, 0) is 43.4 Å². The van der Waals surface area contributed by atoms with Crippen LogP contribution in [0.25, 0.3) is 0 Å². The van der Waals surface area contributed by atoms with E-state index in [2.05, 4.69) is 14.9 Å². The van der Waals surface area contributed by atoms with Gasteiger partial charge in [0.15, 0.2) is 0 Å². The molecule has 0 bridgehead atoms. The lowest BCUT2D eigenvalue weighted by atomic mass is 10.1. The summed E-state index contributed by atoms with van der Waals surface area (Å²) in [6.07, 6.45) is 3.68. The van der Waals surface area contributed by atoms with Gasteiger partial charge in [0, 0.05) is 24.6 Å². The summed E-state index contributed by atoms with van der Waals surface area (Å²) in [6, 6.07) is 8.11. The van der Waals surface area contributed by atoms with Crippen LogP contribution in [0.2, 0.25) is 5.15 Å². The normalized spacial score (nSPS) is 18.5. The lowest BCUT2D eigenvalue weighted by molar-refractivity contribution is 0.182. The maximum absolute atomic E-state index is 13.1. The van der Waals surface area contributed by atoms with E-state index in [9.17, 15) is 9.50 Å².